The molecule has 0 spiro atoms. The predicted molar refractivity (Wildman–Crippen MR) is 111 cm³/mol. The second kappa shape index (κ2) is 12.1. The summed E-state index contributed by atoms with van der Waals surface area (Å²) in [4.78, 5) is 13.9. The molecule has 5 heteroatoms. The first-order chi connectivity index (χ1) is 13.4. The quantitative estimate of drug-likeness (QED) is 0.516. The van der Waals surface area contributed by atoms with Crippen molar-refractivity contribution >= 4 is 6.09 Å². The first-order valence-corrected chi connectivity index (χ1v) is 10.7. The van der Waals surface area contributed by atoms with Crippen LogP contribution in [0.4, 0.5) is 4.79 Å². The lowest BCUT2D eigenvalue weighted by Crippen LogP contribution is -2.43. The third kappa shape index (κ3) is 9.56. The summed E-state index contributed by atoms with van der Waals surface area (Å²) >= 11 is 0. The molecule has 2 rings (SSSR count). The van der Waals surface area contributed by atoms with Crippen LogP contribution in [0, 0.1) is 0 Å². The zero-order valence-electron chi connectivity index (χ0n) is 17.8. The van der Waals surface area contributed by atoms with E-state index < -0.39 is 5.60 Å². The smallest absolute Gasteiger partial charge is 0.410 e. The highest BCUT2D eigenvalue weighted by molar-refractivity contribution is 5.68. The fourth-order valence-corrected chi connectivity index (χ4v) is 3.21. The fraction of sp³-hybridized carbons (Fsp3) is 0.696. The van der Waals surface area contributed by atoms with Gasteiger partial charge in [-0.1, -0.05) is 43.2 Å². The molecule has 0 bridgehead atoms. The van der Waals surface area contributed by atoms with E-state index in [-0.39, 0.29) is 12.2 Å². The summed E-state index contributed by atoms with van der Waals surface area (Å²) in [6.45, 7) is 9.46. The van der Waals surface area contributed by atoms with Crippen molar-refractivity contribution in [2.24, 2.45) is 0 Å². The Labute approximate surface area is 170 Å². The van der Waals surface area contributed by atoms with Crippen LogP contribution in [0.25, 0.3) is 0 Å². The van der Waals surface area contributed by atoms with Crippen molar-refractivity contribution in [2.45, 2.75) is 77.6 Å². The minimum atomic E-state index is -0.434. The second-order valence-corrected chi connectivity index (χ2v) is 8.49. The maximum Gasteiger partial charge on any atom is 0.410 e. The van der Waals surface area contributed by atoms with Crippen LogP contribution in [0.3, 0.4) is 0 Å². The molecule has 1 fully saturated rings. The lowest BCUT2D eigenvalue weighted by molar-refractivity contribution is -0.0122. The number of piperidine rings is 1. The molecular weight excluding hydrogens is 354 g/mol. The van der Waals surface area contributed by atoms with Crippen molar-refractivity contribution < 1.29 is 19.0 Å². The van der Waals surface area contributed by atoms with Gasteiger partial charge in [-0.25, -0.2) is 4.79 Å². The SMILES string of the molecule is CC(C)(C)OC(=O)N1CCC(OCCCCCCOCc2ccccc2)CC1. The van der Waals surface area contributed by atoms with Crippen LogP contribution in [0.1, 0.15) is 64.9 Å². The molecule has 1 aromatic carbocycles. The van der Waals surface area contributed by atoms with Gasteiger partial charge in [0.2, 0.25) is 0 Å². The summed E-state index contributed by atoms with van der Waals surface area (Å²) in [6.07, 6.45) is 6.39. The van der Waals surface area contributed by atoms with Gasteiger partial charge >= 0.3 is 6.09 Å². The van der Waals surface area contributed by atoms with E-state index in [1.54, 1.807) is 4.90 Å². The first kappa shape index (κ1) is 22.7. The molecule has 0 aliphatic carbocycles. The normalized spacial score (nSPS) is 15.6. The topological polar surface area (TPSA) is 48.0 Å². The van der Waals surface area contributed by atoms with E-state index in [0.29, 0.717) is 6.61 Å². The van der Waals surface area contributed by atoms with E-state index in [1.165, 1.54) is 18.4 Å². The van der Waals surface area contributed by atoms with E-state index in [2.05, 4.69) is 12.1 Å². The number of carbonyl (C=O) groups is 1. The van der Waals surface area contributed by atoms with E-state index in [0.717, 1.165) is 52.0 Å². The molecule has 0 saturated carbocycles. The molecule has 0 aromatic heterocycles. The maximum absolute atomic E-state index is 12.1. The molecule has 0 N–H and O–H groups in total. The Morgan fingerprint density at radius 1 is 1.00 bits per heavy atom. The Kier molecular flexibility index (Phi) is 9.79. The van der Waals surface area contributed by atoms with Crippen molar-refractivity contribution in [3.63, 3.8) is 0 Å². The number of hydrogen-bond acceptors (Lipinski definition) is 4. The molecule has 0 radical (unpaired) electrons. The molecule has 0 atom stereocenters. The van der Waals surface area contributed by atoms with E-state index in [1.807, 2.05) is 39.0 Å². The molecule has 1 saturated heterocycles. The van der Waals surface area contributed by atoms with Crippen LogP contribution in [-0.4, -0.2) is 49.0 Å². The summed E-state index contributed by atoms with van der Waals surface area (Å²) in [5.41, 5.74) is 0.797. The maximum atomic E-state index is 12.1. The van der Waals surface area contributed by atoms with E-state index >= 15 is 0 Å². The number of likely N-dealkylation sites (tertiary alicyclic amines) is 1. The Balaban J connectivity index is 1.42. The third-order valence-corrected chi connectivity index (χ3v) is 4.74. The molecular formula is C23H37NO4. The molecule has 158 valence electrons. The zero-order valence-corrected chi connectivity index (χ0v) is 17.8. The number of nitrogens with zero attached hydrogens (tertiary/aromatic N) is 1. The van der Waals surface area contributed by atoms with Crippen molar-refractivity contribution in [2.75, 3.05) is 26.3 Å². The third-order valence-electron chi connectivity index (χ3n) is 4.74. The highest BCUT2D eigenvalue weighted by Gasteiger charge is 2.26. The number of unbranched alkanes of at least 4 members (excludes halogenated alkanes) is 3. The average molecular weight is 392 g/mol. The summed E-state index contributed by atoms with van der Waals surface area (Å²) < 4.78 is 17.1. The highest BCUT2D eigenvalue weighted by atomic mass is 16.6. The fourth-order valence-electron chi connectivity index (χ4n) is 3.21. The molecule has 0 unspecified atom stereocenters. The number of carbonyl (C=O) groups excluding carboxylic acids is 1. The second-order valence-electron chi connectivity index (χ2n) is 8.49. The van der Waals surface area contributed by atoms with Crippen LogP contribution >= 0.6 is 0 Å². The average Bonchev–Trinajstić information content (AvgIpc) is 2.66. The predicted octanol–water partition coefficient (Wildman–Crippen LogP) is 5.18. The number of rotatable bonds is 10. The van der Waals surface area contributed by atoms with Crippen LogP contribution in [0.5, 0.6) is 0 Å². The van der Waals surface area contributed by atoms with Crippen molar-refractivity contribution in [1.29, 1.82) is 0 Å². The molecule has 1 aliphatic heterocycles. The van der Waals surface area contributed by atoms with E-state index in [9.17, 15) is 4.79 Å². The monoisotopic (exact) mass is 391 g/mol. The van der Waals surface area contributed by atoms with Gasteiger partial charge in [-0.3, -0.25) is 0 Å². The standard InChI is InChI=1S/C23H37NO4/c1-23(2,3)28-22(25)24-15-13-21(14-16-24)27-18-10-5-4-9-17-26-19-20-11-7-6-8-12-20/h6-8,11-12,21H,4-5,9-10,13-19H2,1-3H3. The number of hydrogen-bond donors (Lipinski definition) is 0. The van der Waals surface area contributed by atoms with Crippen molar-refractivity contribution in [1.82, 2.24) is 4.90 Å². The van der Waals surface area contributed by atoms with Crippen LogP contribution in [0.2, 0.25) is 0 Å². The zero-order chi connectivity index (χ0) is 20.2. The summed E-state index contributed by atoms with van der Waals surface area (Å²) in [7, 11) is 0. The van der Waals surface area contributed by atoms with Gasteiger partial charge in [0, 0.05) is 26.3 Å². The van der Waals surface area contributed by atoms with Crippen LogP contribution in [-0.2, 0) is 20.8 Å². The van der Waals surface area contributed by atoms with Gasteiger partial charge in [0.15, 0.2) is 0 Å². The molecule has 1 heterocycles. The Morgan fingerprint density at radius 3 is 2.29 bits per heavy atom. The Morgan fingerprint density at radius 2 is 1.64 bits per heavy atom. The largest absolute Gasteiger partial charge is 0.444 e. The molecule has 1 amide bonds. The molecule has 1 aromatic rings. The Hall–Kier alpha value is -1.59. The number of amides is 1. The van der Waals surface area contributed by atoms with Gasteiger partial charge in [-0.2, -0.15) is 0 Å². The summed E-state index contributed by atoms with van der Waals surface area (Å²) in [5.74, 6) is 0. The molecule has 28 heavy (non-hydrogen) atoms. The van der Waals surface area contributed by atoms with Crippen molar-refractivity contribution in [3.05, 3.63) is 35.9 Å². The minimum Gasteiger partial charge on any atom is -0.444 e. The van der Waals surface area contributed by atoms with Gasteiger partial charge in [0.25, 0.3) is 0 Å². The minimum absolute atomic E-state index is 0.208. The van der Waals surface area contributed by atoms with Gasteiger partial charge in [-0.15, -0.1) is 0 Å². The van der Waals surface area contributed by atoms with Crippen LogP contribution < -0.4 is 0 Å². The highest BCUT2D eigenvalue weighted by Crippen LogP contribution is 2.17. The number of ether oxygens (including phenoxy) is 3. The van der Waals surface area contributed by atoms with Gasteiger partial charge in [-0.05, 0) is 52.0 Å². The molecule has 5 nitrogen and oxygen atoms in total. The van der Waals surface area contributed by atoms with Gasteiger partial charge < -0.3 is 19.1 Å². The van der Waals surface area contributed by atoms with Gasteiger partial charge in [0.05, 0.1) is 12.7 Å². The van der Waals surface area contributed by atoms with E-state index in [4.69, 9.17) is 14.2 Å². The lowest BCUT2D eigenvalue weighted by atomic mass is 10.1. The molecule has 1 aliphatic rings. The summed E-state index contributed by atoms with van der Waals surface area (Å²) in [6, 6.07) is 10.3. The van der Waals surface area contributed by atoms with Crippen molar-refractivity contribution in [3.8, 4) is 0 Å². The number of benzene rings is 1. The summed E-state index contributed by atoms with van der Waals surface area (Å²) in [5, 5.41) is 0. The van der Waals surface area contributed by atoms with Crippen LogP contribution in [0.15, 0.2) is 30.3 Å². The lowest BCUT2D eigenvalue weighted by Gasteiger charge is -2.33. The Bertz CT molecular complexity index is 547. The first-order valence-electron chi connectivity index (χ1n) is 10.7. The van der Waals surface area contributed by atoms with Gasteiger partial charge in [0.1, 0.15) is 5.60 Å².